The van der Waals surface area contributed by atoms with E-state index in [4.69, 9.17) is 5.73 Å². The van der Waals surface area contributed by atoms with E-state index in [0.717, 1.165) is 33.8 Å². The third-order valence-corrected chi connectivity index (χ3v) is 3.55. The van der Waals surface area contributed by atoms with Gasteiger partial charge in [0.1, 0.15) is 0 Å². The second kappa shape index (κ2) is 5.02. The molecule has 2 aromatic rings. The molecule has 0 aliphatic carbocycles. The van der Waals surface area contributed by atoms with Crippen LogP contribution in [0.25, 0.3) is 10.9 Å². The number of hydrogen-bond acceptors (Lipinski definition) is 2. The fourth-order valence-electron chi connectivity index (χ4n) is 2.04. The van der Waals surface area contributed by atoms with Gasteiger partial charge >= 0.3 is 0 Å². The van der Waals surface area contributed by atoms with E-state index in [1.54, 1.807) is 11.6 Å². The van der Waals surface area contributed by atoms with Crippen LogP contribution in [0.3, 0.4) is 0 Å². The molecule has 0 bridgehead atoms. The van der Waals surface area contributed by atoms with Gasteiger partial charge in [-0.05, 0) is 52.8 Å². The first-order valence-electron chi connectivity index (χ1n) is 5.62. The molecule has 0 aliphatic heterocycles. The quantitative estimate of drug-likeness (QED) is 0.943. The number of aromatic nitrogens is 1. The highest BCUT2D eigenvalue weighted by molar-refractivity contribution is 9.10. The average molecular weight is 295 g/mol. The van der Waals surface area contributed by atoms with Gasteiger partial charge in [-0.1, -0.05) is 12.1 Å². The van der Waals surface area contributed by atoms with Gasteiger partial charge in [-0.25, -0.2) is 0 Å². The van der Waals surface area contributed by atoms with Gasteiger partial charge in [-0.2, -0.15) is 0 Å². The van der Waals surface area contributed by atoms with Crippen LogP contribution in [0.15, 0.2) is 33.5 Å². The molecule has 0 unspecified atom stereocenters. The molecule has 1 heterocycles. The van der Waals surface area contributed by atoms with Crippen LogP contribution in [0, 0.1) is 0 Å². The SMILES string of the molecule is Cn1c(=O)c(CCCN)cc2cccc(Br)c21. The normalized spacial score (nSPS) is 11.0. The topological polar surface area (TPSA) is 48.0 Å². The number of rotatable bonds is 3. The average Bonchev–Trinajstić information content (AvgIpc) is 2.32. The van der Waals surface area contributed by atoms with Crippen LogP contribution in [0.2, 0.25) is 0 Å². The molecule has 3 nitrogen and oxygen atoms in total. The molecule has 0 aliphatic rings. The molecule has 2 rings (SSSR count). The summed E-state index contributed by atoms with van der Waals surface area (Å²) < 4.78 is 2.64. The zero-order valence-corrected chi connectivity index (χ0v) is 11.3. The van der Waals surface area contributed by atoms with Crippen LogP contribution < -0.4 is 11.3 Å². The molecule has 0 radical (unpaired) electrons. The Bertz CT molecular complexity index is 604. The van der Waals surface area contributed by atoms with Crippen LogP contribution in [0.5, 0.6) is 0 Å². The second-order valence-corrected chi connectivity index (χ2v) is 4.96. The van der Waals surface area contributed by atoms with Crippen LogP contribution in [0.1, 0.15) is 12.0 Å². The molecule has 0 saturated heterocycles. The van der Waals surface area contributed by atoms with E-state index in [2.05, 4.69) is 15.9 Å². The van der Waals surface area contributed by atoms with Crippen molar-refractivity contribution in [3.63, 3.8) is 0 Å². The van der Waals surface area contributed by atoms with E-state index < -0.39 is 0 Å². The maximum absolute atomic E-state index is 12.1. The molecule has 1 aromatic carbocycles. The van der Waals surface area contributed by atoms with Gasteiger partial charge in [-0.15, -0.1) is 0 Å². The molecule has 0 spiro atoms. The summed E-state index contributed by atoms with van der Waals surface area (Å²) in [5.74, 6) is 0. The lowest BCUT2D eigenvalue weighted by Gasteiger charge is -2.09. The van der Waals surface area contributed by atoms with Crippen molar-refractivity contribution in [1.29, 1.82) is 0 Å². The molecule has 2 N–H and O–H groups in total. The molecule has 0 atom stereocenters. The van der Waals surface area contributed by atoms with Crippen molar-refractivity contribution in [2.24, 2.45) is 12.8 Å². The van der Waals surface area contributed by atoms with Crippen LogP contribution in [0.4, 0.5) is 0 Å². The highest BCUT2D eigenvalue weighted by Crippen LogP contribution is 2.22. The summed E-state index contributed by atoms with van der Waals surface area (Å²) >= 11 is 3.48. The summed E-state index contributed by atoms with van der Waals surface area (Å²) in [4.78, 5) is 12.1. The van der Waals surface area contributed by atoms with E-state index >= 15 is 0 Å². The largest absolute Gasteiger partial charge is 0.330 e. The van der Waals surface area contributed by atoms with Gasteiger partial charge in [0.25, 0.3) is 5.56 Å². The first-order chi connectivity index (χ1) is 8.15. The summed E-state index contributed by atoms with van der Waals surface area (Å²) in [5, 5.41) is 1.08. The van der Waals surface area contributed by atoms with E-state index in [0.29, 0.717) is 6.54 Å². The van der Waals surface area contributed by atoms with Crippen molar-refractivity contribution in [2.75, 3.05) is 6.54 Å². The summed E-state index contributed by atoms with van der Waals surface area (Å²) in [6.45, 7) is 0.611. The summed E-state index contributed by atoms with van der Waals surface area (Å²) in [7, 11) is 1.81. The molecular weight excluding hydrogens is 280 g/mol. The number of benzene rings is 1. The van der Waals surface area contributed by atoms with Gasteiger partial charge in [0.15, 0.2) is 0 Å². The minimum Gasteiger partial charge on any atom is -0.330 e. The summed E-state index contributed by atoms with van der Waals surface area (Å²) in [6.07, 6.45) is 1.58. The van der Waals surface area contributed by atoms with Crippen LogP contribution in [-0.2, 0) is 13.5 Å². The summed E-state index contributed by atoms with van der Waals surface area (Å²) in [5.41, 5.74) is 7.33. The number of nitrogens with zero attached hydrogens (tertiary/aromatic N) is 1. The Hall–Kier alpha value is -1.13. The van der Waals surface area contributed by atoms with E-state index in [1.807, 2.05) is 24.3 Å². The minimum absolute atomic E-state index is 0.0675. The van der Waals surface area contributed by atoms with Crippen molar-refractivity contribution >= 4 is 26.8 Å². The van der Waals surface area contributed by atoms with E-state index in [1.165, 1.54) is 0 Å². The number of pyridine rings is 1. The molecule has 1 aromatic heterocycles. The Morgan fingerprint density at radius 2 is 2.18 bits per heavy atom. The van der Waals surface area contributed by atoms with Gasteiger partial charge < -0.3 is 10.3 Å². The molecule has 17 heavy (non-hydrogen) atoms. The minimum atomic E-state index is 0.0675. The van der Waals surface area contributed by atoms with Crippen molar-refractivity contribution in [3.05, 3.63) is 44.7 Å². The monoisotopic (exact) mass is 294 g/mol. The zero-order valence-electron chi connectivity index (χ0n) is 9.74. The highest BCUT2D eigenvalue weighted by atomic mass is 79.9. The number of para-hydroxylation sites is 1. The fraction of sp³-hybridized carbons (Fsp3) is 0.308. The van der Waals surface area contributed by atoms with Crippen LogP contribution >= 0.6 is 15.9 Å². The predicted octanol–water partition coefficient (Wildman–Crippen LogP) is 2.19. The van der Waals surface area contributed by atoms with Crippen molar-refractivity contribution in [3.8, 4) is 0 Å². The number of aryl methyl sites for hydroxylation is 2. The molecule has 4 heteroatoms. The number of hydrogen-bond donors (Lipinski definition) is 1. The predicted molar refractivity (Wildman–Crippen MR) is 74.3 cm³/mol. The van der Waals surface area contributed by atoms with E-state index in [9.17, 15) is 4.79 Å². The molecule has 0 amide bonds. The van der Waals surface area contributed by atoms with Crippen LogP contribution in [-0.4, -0.2) is 11.1 Å². The third-order valence-electron chi connectivity index (χ3n) is 2.91. The van der Waals surface area contributed by atoms with Gasteiger partial charge in [0, 0.05) is 17.1 Å². The lowest BCUT2D eigenvalue weighted by Crippen LogP contribution is -2.22. The van der Waals surface area contributed by atoms with Gasteiger partial charge in [0.2, 0.25) is 0 Å². The smallest absolute Gasteiger partial charge is 0.254 e. The maximum Gasteiger partial charge on any atom is 0.254 e. The molecular formula is C13H15BrN2O. The van der Waals surface area contributed by atoms with Crippen molar-refractivity contribution in [1.82, 2.24) is 4.57 Å². The highest BCUT2D eigenvalue weighted by Gasteiger charge is 2.08. The second-order valence-electron chi connectivity index (χ2n) is 4.10. The number of nitrogens with two attached hydrogens (primary N) is 1. The van der Waals surface area contributed by atoms with E-state index in [-0.39, 0.29) is 5.56 Å². The van der Waals surface area contributed by atoms with Crippen molar-refractivity contribution in [2.45, 2.75) is 12.8 Å². The standard InChI is InChI=1S/C13H15BrN2O/c1-16-12-9(4-2-6-11(12)14)8-10(13(16)17)5-3-7-15/h2,4,6,8H,3,5,7,15H2,1H3. The number of halogens is 1. The first kappa shape index (κ1) is 12.3. The van der Waals surface area contributed by atoms with Gasteiger partial charge in [-0.3, -0.25) is 4.79 Å². The molecule has 90 valence electrons. The first-order valence-corrected chi connectivity index (χ1v) is 6.41. The summed E-state index contributed by atoms with van der Waals surface area (Å²) in [6, 6.07) is 7.91. The lowest BCUT2D eigenvalue weighted by molar-refractivity contribution is 0.799. The number of fused-ring (bicyclic) bond motifs is 1. The Kier molecular flexibility index (Phi) is 3.64. The molecule has 0 saturated carbocycles. The lowest BCUT2D eigenvalue weighted by atomic mass is 10.1. The fourth-order valence-corrected chi connectivity index (χ4v) is 2.69. The Morgan fingerprint density at radius 1 is 1.41 bits per heavy atom. The molecule has 0 fully saturated rings. The third kappa shape index (κ3) is 2.28. The Balaban J connectivity index is 2.67. The Labute approximate surface area is 108 Å². The van der Waals surface area contributed by atoms with Crippen molar-refractivity contribution < 1.29 is 0 Å². The Morgan fingerprint density at radius 3 is 2.88 bits per heavy atom. The van der Waals surface area contributed by atoms with Gasteiger partial charge in [0.05, 0.1) is 5.52 Å². The zero-order chi connectivity index (χ0) is 12.4. The maximum atomic E-state index is 12.1.